The number of likely N-dealkylation sites (tertiary alicyclic amines) is 1. The Morgan fingerprint density at radius 2 is 2.00 bits per heavy atom. The summed E-state index contributed by atoms with van der Waals surface area (Å²) >= 11 is 0. The highest BCUT2D eigenvalue weighted by Gasteiger charge is 2.23. The van der Waals surface area contributed by atoms with Crippen molar-refractivity contribution >= 4 is 5.95 Å². The first-order chi connectivity index (χ1) is 8.06. The molecule has 94 valence electrons. The van der Waals surface area contributed by atoms with Crippen LogP contribution < -0.4 is 5.32 Å². The maximum atomic E-state index is 4.41. The molecule has 0 aromatic carbocycles. The number of hydrogen-bond acceptors (Lipinski definition) is 5. The van der Waals surface area contributed by atoms with E-state index < -0.39 is 0 Å². The fourth-order valence-corrected chi connectivity index (χ4v) is 2.12. The molecule has 1 N–H and O–H groups in total. The third-order valence-electron chi connectivity index (χ3n) is 3.63. The lowest BCUT2D eigenvalue weighted by Crippen LogP contribution is -2.42. The number of hydrogen-bond donors (Lipinski definition) is 1. The van der Waals surface area contributed by atoms with Crippen molar-refractivity contribution in [2.75, 3.05) is 18.9 Å². The molecule has 0 radical (unpaired) electrons. The van der Waals surface area contributed by atoms with E-state index in [1.807, 2.05) is 13.8 Å². The minimum Gasteiger partial charge on any atom is -0.350 e. The molecule has 1 fully saturated rings. The lowest BCUT2D eigenvalue weighted by molar-refractivity contribution is 0.189. The summed E-state index contributed by atoms with van der Waals surface area (Å²) in [6, 6.07) is 1.07. The maximum Gasteiger partial charge on any atom is 0.243 e. The fourth-order valence-electron chi connectivity index (χ4n) is 2.12. The molecule has 2 heterocycles. The van der Waals surface area contributed by atoms with Crippen molar-refractivity contribution < 1.29 is 0 Å². The van der Waals surface area contributed by atoms with E-state index in [1.54, 1.807) is 0 Å². The third kappa shape index (κ3) is 2.91. The number of nitrogens with zero attached hydrogens (tertiary/aromatic N) is 4. The van der Waals surface area contributed by atoms with Gasteiger partial charge >= 0.3 is 0 Å². The van der Waals surface area contributed by atoms with Crippen LogP contribution in [-0.2, 0) is 0 Å². The first-order valence-electron chi connectivity index (χ1n) is 6.21. The Kier molecular flexibility index (Phi) is 3.57. The molecule has 17 heavy (non-hydrogen) atoms. The summed E-state index contributed by atoms with van der Waals surface area (Å²) < 4.78 is 0. The van der Waals surface area contributed by atoms with Gasteiger partial charge in [0, 0.05) is 18.6 Å². The molecule has 5 heteroatoms. The quantitative estimate of drug-likeness (QED) is 0.839. The summed E-state index contributed by atoms with van der Waals surface area (Å²) in [6.07, 6.45) is 2.27. The van der Waals surface area contributed by atoms with E-state index in [-0.39, 0.29) is 0 Å². The van der Waals surface area contributed by atoms with E-state index >= 15 is 0 Å². The smallest absolute Gasteiger partial charge is 0.243 e. The molecule has 1 saturated heterocycles. The molecule has 0 aliphatic carbocycles. The van der Waals surface area contributed by atoms with Crippen molar-refractivity contribution in [3.63, 3.8) is 0 Å². The van der Waals surface area contributed by atoms with Gasteiger partial charge in [-0.3, -0.25) is 0 Å². The molecule has 1 aromatic rings. The van der Waals surface area contributed by atoms with Gasteiger partial charge in [0.25, 0.3) is 0 Å². The van der Waals surface area contributed by atoms with Crippen LogP contribution in [0, 0.1) is 13.8 Å². The van der Waals surface area contributed by atoms with E-state index in [2.05, 4.69) is 39.4 Å². The van der Waals surface area contributed by atoms with E-state index in [9.17, 15) is 0 Å². The second kappa shape index (κ2) is 4.96. The lowest BCUT2D eigenvalue weighted by Gasteiger charge is -2.35. The molecule has 0 bridgehead atoms. The highest BCUT2D eigenvalue weighted by atomic mass is 15.3. The Hall–Kier alpha value is -1.23. The molecular weight excluding hydrogens is 214 g/mol. The molecule has 5 nitrogen and oxygen atoms in total. The van der Waals surface area contributed by atoms with Crippen LogP contribution >= 0.6 is 0 Å². The summed E-state index contributed by atoms with van der Waals surface area (Å²) in [5.74, 6) is 0.662. The summed E-state index contributed by atoms with van der Waals surface area (Å²) in [5, 5.41) is 11.6. The Morgan fingerprint density at radius 1 is 1.24 bits per heavy atom. The normalized spacial score (nSPS) is 25.9. The SMILES string of the molecule is Cc1nnc(NC2CCN(C)C(C)C2)nc1C. The summed E-state index contributed by atoms with van der Waals surface area (Å²) in [5.41, 5.74) is 1.84. The van der Waals surface area contributed by atoms with Crippen molar-refractivity contribution in [1.29, 1.82) is 0 Å². The highest BCUT2D eigenvalue weighted by molar-refractivity contribution is 5.26. The molecule has 0 amide bonds. The van der Waals surface area contributed by atoms with Crippen molar-refractivity contribution in [3.05, 3.63) is 11.4 Å². The van der Waals surface area contributed by atoms with Crippen LogP contribution in [0.1, 0.15) is 31.2 Å². The fraction of sp³-hybridized carbons (Fsp3) is 0.750. The van der Waals surface area contributed by atoms with Crippen LogP contribution in [0.15, 0.2) is 0 Å². The van der Waals surface area contributed by atoms with Crippen LogP contribution in [0.25, 0.3) is 0 Å². The Morgan fingerprint density at radius 3 is 2.65 bits per heavy atom. The number of rotatable bonds is 2. The van der Waals surface area contributed by atoms with E-state index in [0.717, 1.165) is 30.8 Å². The second-order valence-corrected chi connectivity index (χ2v) is 5.00. The van der Waals surface area contributed by atoms with Crippen LogP contribution in [-0.4, -0.2) is 45.8 Å². The second-order valence-electron chi connectivity index (χ2n) is 5.00. The van der Waals surface area contributed by atoms with Crippen LogP contribution in [0.5, 0.6) is 0 Å². The molecule has 2 rings (SSSR count). The van der Waals surface area contributed by atoms with Crippen LogP contribution in [0.2, 0.25) is 0 Å². The Labute approximate surface area is 103 Å². The number of nitrogens with one attached hydrogen (secondary N) is 1. The average Bonchev–Trinajstić information content (AvgIpc) is 2.29. The monoisotopic (exact) mass is 235 g/mol. The van der Waals surface area contributed by atoms with Gasteiger partial charge in [-0.15, -0.1) is 5.10 Å². The van der Waals surface area contributed by atoms with Crippen LogP contribution in [0.3, 0.4) is 0 Å². The van der Waals surface area contributed by atoms with Crippen molar-refractivity contribution in [2.45, 2.75) is 45.7 Å². The predicted molar refractivity (Wildman–Crippen MR) is 68.0 cm³/mol. The minimum atomic E-state index is 0.463. The van der Waals surface area contributed by atoms with E-state index in [1.165, 1.54) is 0 Å². The molecule has 1 aromatic heterocycles. The zero-order valence-corrected chi connectivity index (χ0v) is 11.1. The molecule has 2 atom stereocenters. The minimum absolute atomic E-state index is 0.463. The Bertz CT molecular complexity index is 392. The van der Waals surface area contributed by atoms with Gasteiger partial charge in [-0.2, -0.15) is 5.10 Å². The molecule has 1 aliphatic rings. The molecule has 2 unspecified atom stereocenters. The average molecular weight is 235 g/mol. The van der Waals surface area contributed by atoms with Gasteiger partial charge in [0.05, 0.1) is 11.4 Å². The summed E-state index contributed by atoms with van der Waals surface area (Å²) in [4.78, 5) is 6.80. The van der Waals surface area contributed by atoms with Gasteiger partial charge < -0.3 is 10.2 Å². The van der Waals surface area contributed by atoms with Gasteiger partial charge in [0.2, 0.25) is 5.95 Å². The molecule has 0 saturated carbocycles. The Balaban J connectivity index is 1.99. The van der Waals surface area contributed by atoms with Crippen LogP contribution in [0.4, 0.5) is 5.95 Å². The van der Waals surface area contributed by atoms with E-state index in [0.29, 0.717) is 18.0 Å². The van der Waals surface area contributed by atoms with Gasteiger partial charge in [0.15, 0.2) is 0 Å². The summed E-state index contributed by atoms with van der Waals surface area (Å²) in [6.45, 7) is 7.27. The largest absolute Gasteiger partial charge is 0.350 e. The van der Waals surface area contributed by atoms with Gasteiger partial charge in [0.1, 0.15) is 0 Å². The first-order valence-corrected chi connectivity index (χ1v) is 6.21. The number of piperidine rings is 1. The number of anilines is 1. The van der Waals surface area contributed by atoms with Crippen molar-refractivity contribution in [1.82, 2.24) is 20.1 Å². The zero-order chi connectivity index (χ0) is 12.4. The zero-order valence-electron chi connectivity index (χ0n) is 11.1. The molecule has 1 aliphatic heterocycles. The maximum absolute atomic E-state index is 4.41. The number of aromatic nitrogens is 3. The topological polar surface area (TPSA) is 53.9 Å². The first kappa shape index (κ1) is 12.2. The summed E-state index contributed by atoms with van der Waals surface area (Å²) in [7, 11) is 2.18. The van der Waals surface area contributed by atoms with Crippen molar-refractivity contribution in [2.24, 2.45) is 0 Å². The van der Waals surface area contributed by atoms with Gasteiger partial charge in [-0.25, -0.2) is 4.98 Å². The van der Waals surface area contributed by atoms with Gasteiger partial charge in [-0.05, 0) is 40.7 Å². The third-order valence-corrected chi connectivity index (χ3v) is 3.63. The number of aryl methyl sites for hydroxylation is 2. The highest BCUT2D eigenvalue weighted by Crippen LogP contribution is 2.18. The van der Waals surface area contributed by atoms with E-state index in [4.69, 9.17) is 0 Å². The standard InChI is InChI=1S/C12H21N5/c1-8-7-11(5-6-17(8)4)14-12-13-9(2)10(3)15-16-12/h8,11H,5-7H2,1-4H3,(H,13,14,16). The lowest BCUT2D eigenvalue weighted by atomic mass is 9.99. The molecular formula is C12H21N5. The molecule has 0 spiro atoms. The van der Waals surface area contributed by atoms with Crippen molar-refractivity contribution in [3.8, 4) is 0 Å². The predicted octanol–water partition coefficient (Wildman–Crippen LogP) is 1.38. The van der Waals surface area contributed by atoms with Gasteiger partial charge in [-0.1, -0.05) is 0 Å².